The Morgan fingerprint density at radius 2 is 1.93 bits per heavy atom. The van der Waals surface area contributed by atoms with Crippen LogP contribution in [0.3, 0.4) is 0 Å². The van der Waals surface area contributed by atoms with Crippen LogP contribution in [-0.2, 0) is 11.3 Å². The SMILES string of the molecule is CCCNC(=O)N(CC(=O)N1CCn2cccc2[C@H]1c1ccccc1C)CC(C)C. The number of hydrogen-bond acceptors (Lipinski definition) is 2. The highest BCUT2D eigenvalue weighted by molar-refractivity contribution is 5.84. The summed E-state index contributed by atoms with van der Waals surface area (Å²) in [4.78, 5) is 29.7. The Hall–Kier alpha value is -2.76. The van der Waals surface area contributed by atoms with Crippen molar-refractivity contribution in [3.05, 3.63) is 59.4 Å². The molecule has 3 rings (SSSR count). The number of rotatable bonds is 7. The highest BCUT2D eigenvalue weighted by Gasteiger charge is 2.34. The van der Waals surface area contributed by atoms with Crippen molar-refractivity contribution in [2.24, 2.45) is 5.92 Å². The van der Waals surface area contributed by atoms with E-state index in [-0.39, 0.29) is 30.4 Å². The second-order valence-corrected chi connectivity index (χ2v) is 8.48. The van der Waals surface area contributed by atoms with Gasteiger partial charge >= 0.3 is 6.03 Å². The van der Waals surface area contributed by atoms with Gasteiger partial charge in [0.1, 0.15) is 6.54 Å². The molecule has 0 aliphatic carbocycles. The molecule has 2 heterocycles. The van der Waals surface area contributed by atoms with Crippen LogP contribution < -0.4 is 5.32 Å². The number of carbonyl (C=O) groups excluding carboxylic acids is 2. The van der Waals surface area contributed by atoms with E-state index in [1.807, 2.05) is 30.0 Å². The van der Waals surface area contributed by atoms with E-state index in [4.69, 9.17) is 0 Å². The van der Waals surface area contributed by atoms with Gasteiger partial charge in [0, 0.05) is 38.1 Å². The van der Waals surface area contributed by atoms with Gasteiger partial charge in [0.25, 0.3) is 0 Å². The lowest BCUT2D eigenvalue weighted by Gasteiger charge is -2.39. The molecule has 0 spiro atoms. The van der Waals surface area contributed by atoms with Gasteiger partial charge in [-0.15, -0.1) is 0 Å². The van der Waals surface area contributed by atoms with Gasteiger partial charge in [-0.05, 0) is 42.5 Å². The molecule has 162 valence electrons. The van der Waals surface area contributed by atoms with E-state index < -0.39 is 0 Å². The number of benzene rings is 1. The fourth-order valence-corrected chi connectivity index (χ4v) is 4.13. The molecule has 1 aromatic heterocycles. The molecule has 0 saturated carbocycles. The van der Waals surface area contributed by atoms with E-state index in [1.54, 1.807) is 4.90 Å². The minimum atomic E-state index is -0.160. The van der Waals surface area contributed by atoms with Crippen molar-refractivity contribution in [3.63, 3.8) is 0 Å². The molecule has 30 heavy (non-hydrogen) atoms. The van der Waals surface area contributed by atoms with E-state index in [0.29, 0.717) is 19.6 Å². The predicted molar refractivity (Wildman–Crippen MR) is 119 cm³/mol. The van der Waals surface area contributed by atoms with E-state index in [2.05, 4.69) is 55.1 Å². The van der Waals surface area contributed by atoms with Gasteiger partial charge in [-0.3, -0.25) is 4.79 Å². The van der Waals surface area contributed by atoms with Crippen molar-refractivity contribution < 1.29 is 9.59 Å². The van der Waals surface area contributed by atoms with Gasteiger partial charge in [-0.1, -0.05) is 45.0 Å². The number of carbonyl (C=O) groups is 2. The van der Waals surface area contributed by atoms with Crippen LogP contribution in [0.1, 0.15) is 50.1 Å². The van der Waals surface area contributed by atoms with Gasteiger partial charge in [0.15, 0.2) is 0 Å². The first-order valence-corrected chi connectivity index (χ1v) is 10.9. The maximum Gasteiger partial charge on any atom is 0.317 e. The number of urea groups is 1. The third kappa shape index (κ3) is 4.86. The maximum atomic E-state index is 13.5. The zero-order valence-electron chi connectivity index (χ0n) is 18.6. The number of aromatic nitrogens is 1. The normalized spacial score (nSPS) is 15.8. The fourth-order valence-electron chi connectivity index (χ4n) is 4.13. The molecule has 1 aromatic carbocycles. The van der Waals surface area contributed by atoms with Gasteiger partial charge in [0.2, 0.25) is 5.91 Å². The summed E-state index contributed by atoms with van der Waals surface area (Å²) < 4.78 is 2.22. The van der Waals surface area contributed by atoms with Gasteiger partial charge in [-0.2, -0.15) is 0 Å². The summed E-state index contributed by atoms with van der Waals surface area (Å²) in [5.74, 6) is 0.277. The van der Waals surface area contributed by atoms with Crippen molar-refractivity contribution >= 4 is 11.9 Å². The predicted octanol–water partition coefficient (Wildman–Crippen LogP) is 3.81. The summed E-state index contributed by atoms with van der Waals surface area (Å²) in [5, 5.41) is 2.92. The van der Waals surface area contributed by atoms with Crippen LogP contribution in [0, 0.1) is 12.8 Å². The van der Waals surface area contributed by atoms with E-state index in [9.17, 15) is 9.59 Å². The molecular weight excluding hydrogens is 376 g/mol. The molecule has 0 saturated heterocycles. The van der Waals surface area contributed by atoms with Crippen LogP contribution in [0.5, 0.6) is 0 Å². The molecule has 1 N–H and O–H groups in total. The summed E-state index contributed by atoms with van der Waals surface area (Å²) in [6, 6.07) is 12.1. The Morgan fingerprint density at radius 1 is 1.17 bits per heavy atom. The number of aryl methyl sites for hydroxylation is 1. The van der Waals surface area contributed by atoms with Gasteiger partial charge < -0.3 is 19.7 Å². The minimum absolute atomic E-state index is 0.0111. The second kappa shape index (κ2) is 9.83. The molecule has 0 bridgehead atoms. The lowest BCUT2D eigenvalue weighted by atomic mass is 9.95. The minimum Gasteiger partial charge on any atom is -0.348 e. The number of hydrogen-bond donors (Lipinski definition) is 1. The first-order valence-electron chi connectivity index (χ1n) is 10.9. The Balaban J connectivity index is 1.87. The molecule has 0 unspecified atom stereocenters. The molecule has 6 heteroatoms. The molecule has 6 nitrogen and oxygen atoms in total. The van der Waals surface area contributed by atoms with Crippen LogP contribution >= 0.6 is 0 Å². The Kier molecular flexibility index (Phi) is 7.19. The zero-order valence-corrected chi connectivity index (χ0v) is 18.6. The number of nitrogens with one attached hydrogen (secondary N) is 1. The summed E-state index contributed by atoms with van der Waals surface area (Å²) >= 11 is 0. The lowest BCUT2D eigenvalue weighted by Crippen LogP contribution is -2.50. The first-order chi connectivity index (χ1) is 14.4. The summed E-state index contributed by atoms with van der Waals surface area (Å²) in [5.41, 5.74) is 3.42. The van der Waals surface area contributed by atoms with Gasteiger partial charge in [-0.25, -0.2) is 4.79 Å². The Labute approximate surface area is 179 Å². The highest BCUT2D eigenvalue weighted by atomic mass is 16.2. The molecule has 1 aliphatic heterocycles. The van der Waals surface area contributed by atoms with Crippen molar-refractivity contribution in [3.8, 4) is 0 Å². The average Bonchev–Trinajstić information content (AvgIpc) is 3.19. The van der Waals surface area contributed by atoms with Crippen LogP contribution in [0.2, 0.25) is 0 Å². The molecule has 0 radical (unpaired) electrons. The highest BCUT2D eigenvalue weighted by Crippen LogP contribution is 2.34. The van der Waals surface area contributed by atoms with Crippen molar-refractivity contribution in [1.82, 2.24) is 19.7 Å². The summed E-state index contributed by atoms with van der Waals surface area (Å²) in [6.07, 6.45) is 2.94. The molecule has 2 aromatic rings. The molecule has 0 fully saturated rings. The van der Waals surface area contributed by atoms with E-state index >= 15 is 0 Å². The molecule has 3 amide bonds. The second-order valence-electron chi connectivity index (χ2n) is 8.48. The van der Waals surface area contributed by atoms with Crippen molar-refractivity contribution in [2.45, 2.75) is 46.7 Å². The number of amides is 3. The van der Waals surface area contributed by atoms with Crippen LogP contribution in [0.25, 0.3) is 0 Å². The monoisotopic (exact) mass is 410 g/mol. The van der Waals surface area contributed by atoms with Crippen LogP contribution in [-0.4, -0.2) is 52.5 Å². The maximum absolute atomic E-state index is 13.5. The summed E-state index contributed by atoms with van der Waals surface area (Å²) in [6.45, 7) is 10.9. The molecule has 1 aliphatic rings. The standard InChI is InChI=1S/C24H34N4O2/c1-5-12-25-24(30)27(16-18(2)3)17-22(29)28-15-14-26-13-8-11-21(26)23(28)20-10-7-6-9-19(20)4/h6-11,13,18,23H,5,12,14-17H2,1-4H3,(H,25,30)/t23-/m1/s1. The first kappa shape index (κ1) is 21.9. The smallest absolute Gasteiger partial charge is 0.317 e. The molecular formula is C24H34N4O2. The largest absolute Gasteiger partial charge is 0.348 e. The van der Waals surface area contributed by atoms with Gasteiger partial charge in [0.05, 0.1) is 6.04 Å². The lowest BCUT2D eigenvalue weighted by molar-refractivity contribution is -0.134. The van der Waals surface area contributed by atoms with E-state index in [1.165, 1.54) is 0 Å². The third-order valence-corrected chi connectivity index (χ3v) is 5.57. The average molecular weight is 411 g/mol. The topological polar surface area (TPSA) is 57.6 Å². The van der Waals surface area contributed by atoms with Crippen LogP contribution in [0.15, 0.2) is 42.6 Å². The van der Waals surface area contributed by atoms with E-state index in [0.717, 1.165) is 29.8 Å². The Bertz CT molecular complexity index is 874. The zero-order chi connectivity index (χ0) is 21.7. The third-order valence-electron chi connectivity index (χ3n) is 5.57. The quantitative estimate of drug-likeness (QED) is 0.755. The molecule has 1 atom stereocenters. The van der Waals surface area contributed by atoms with Crippen molar-refractivity contribution in [2.75, 3.05) is 26.2 Å². The Morgan fingerprint density at radius 3 is 2.63 bits per heavy atom. The fraction of sp³-hybridized carbons (Fsp3) is 0.500. The van der Waals surface area contributed by atoms with Crippen LogP contribution in [0.4, 0.5) is 4.79 Å². The number of fused-ring (bicyclic) bond motifs is 1. The van der Waals surface area contributed by atoms with Crippen molar-refractivity contribution in [1.29, 1.82) is 0 Å². The summed E-state index contributed by atoms with van der Waals surface area (Å²) in [7, 11) is 0. The number of nitrogens with zero attached hydrogens (tertiary/aromatic N) is 3.